The Labute approximate surface area is 102 Å². The number of amides is 1. The first kappa shape index (κ1) is 12.1. The quantitative estimate of drug-likeness (QED) is 0.816. The Morgan fingerprint density at radius 3 is 2.41 bits per heavy atom. The van der Waals surface area contributed by atoms with Crippen molar-refractivity contribution >= 4 is 5.91 Å². The second-order valence-electron chi connectivity index (χ2n) is 4.92. The molecule has 1 saturated heterocycles. The minimum Gasteiger partial charge on any atom is -0.368 e. The Morgan fingerprint density at radius 2 is 1.94 bits per heavy atom. The lowest BCUT2D eigenvalue weighted by Gasteiger charge is -2.38. The molecule has 0 bridgehead atoms. The van der Waals surface area contributed by atoms with Crippen LogP contribution in [0.1, 0.15) is 36.0 Å². The zero-order valence-corrected chi connectivity index (χ0v) is 10.5. The third-order valence-corrected chi connectivity index (χ3v) is 3.73. The van der Waals surface area contributed by atoms with Crippen LogP contribution in [0.2, 0.25) is 0 Å². The molecular weight excluding hydrogens is 212 g/mol. The Morgan fingerprint density at radius 1 is 1.29 bits per heavy atom. The summed E-state index contributed by atoms with van der Waals surface area (Å²) in [5, 5.41) is 3.36. The average molecular weight is 232 g/mol. The maximum absolute atomic E-state index is 11.9. The summed E-state index contributed by atoms with van der Waals surface area (Å²) in [7, 11) is 0. The Kier molecular flexibility index (Phi) is 3.20. The van der Waals surface area contributed by atoms with E-state index in [1.807, 2.05) is 32.0 Å². The van der Waals surface area contributed by atoms with Gasteiger partial charge >= 0.3 is 0 Å². The molecule has 2 rings (SSSR count). The van der Waals surface area contributed by atoms with Gasteiger partial charge in [0.1, 0.15) is 5.54 Å². The van der Waals surface area contributed by atoms with Crippen LogP contribution in [0.5, 0.6) is 0 Å². The number of hydrogen-bond donors (Lipinski definition) is 2. The number of rotatable bonds is 2. The van der Waals surface area contributed by atoms with E-state index in [-0.39, 0.29) is 5.91 Å². The number of carbonyl (C=O) groups is 1. The minimum absolute atomic E-state index is 0.255. The summed E-state index contributed by atoms with van der Waals surface area (Å²) in [6.07, 6.45) is 2.96. The lowest BCUT2D eigenvalue weighted by atomic mass is 9.77. The molecule has 3 nitrogen and oxygen atoms in total. The van der Waals surface area contributed by atoms with Crippen molar-refractivity contribution < 1.29 is 4.79 Å². The van der Waals surface area contributed by atoms with Crippen LogP contribution >= 0.6 is 0 Å². The molecule has 1 aromatic rings. The monoisotopic (exact) mass is 232 g/mol. The lowest BCUT2D eigenvalue weighted by Crippen LogP contribution is -2.55. The molecule has 0 radical (unpaired) electrons. The highest BCUT2D eigenvalue weighted by Gasteiger charge is 2.41. The largest absolute Gasteiger partial charge is 0.368 e. The summed E-state index contributed by atoms with van der Waals surface area (Å²) in [4.78, 5) is 11.9. The van der Waals surface area contributed by atoms with Gasteiger partial charge in [0.15, 0.2) is 0 Å². The van der Waals surface area contributed by atoms with E-state index in [0.717, 1.165) is 42.5 Å². The van der Waals surface area contributed by atoms with Gasteiger partial charge in [-0.3, -0.25) is 10.1 Å². The number of nitrogens with one attached hydrogen (secondary N) is 1. The lowest BCUT2D eigenvalue weighted by molar-refractivity contribution is -0.125. The molecule has 0 aromatic heterocycles. The summed E-state index contributed by atoms with van der Waals surface area (Å²) in [5.41, 5.74) is 8.36. The summed E-state index contributed by atoms with van der Waals surface area (Å²) >= 11 is 0. The maximum Gasteiger partial charge on any atom is 0.242 e. The first-order chi connectivity index (χ1) is 8.08. The standard InChI is InChI=1S/C14H20N2O/c1-10-6-5-7-11(2)12(10)14(13(15)17)8-3-4-9-16-14/h5-7,16H,3-4,8-9H2,1-2H3,(H2,15,17)/t14-/m1/s1. The molecule has 1 fully saturated rings. The highest BCUT2D eigenvalue weighted by molar-refractivity contribution is 5.87. The van der Waals surface area contributed by atoms with Gasteiger partial charge in [-0.05, 0) is 56.3 Å². The molecule has 1 aliphatic heterocycles. The number of carbonyl (C=O) groups excluding carboxylic acids is 1. The maximum atomic E-state index is 11.9. The predicted octanol–water partition coefficient (Wildman–Crippen LogP) is 1.76. The van der Waals surface area contributed by atoms with Crippen molar-refractivity contribution in [2.24, 2.45) is 5.73 Å². The normalized spacial score (nSPS) is 24.6. The van der Waals surface area contributed by atoms with Crippen molar-refractivity contribution in [1.82, 2.24) is 5.32 Å². The zero-order chi connectivity index (χ0) is 12.5. The van der Waals surface area contributed by atoms with Crippen LogP contribution in [0.3, 0.4) is 0 Å². The fourth-order valence-corrected chi connectivity index (χ4v) is 2.94. The van der Waals surface area contributed by atoms with Gasteiger partial charge < -0.3 is 5.73 Å². The first-order valence-corrected chi connectivity index (χ1v) is 6.19. The minimum atomic E-state index is -0.659. The van der Waals surface area contributed by atoms with Crippen LogP contribution in [-0.2, 0) is 10.3 Å². The van der Waals surface area contributed by atoms with Gasteiger partial charge in [0.05, 0.1) is 0 Å². The summed E-state index contributed by atoms with van der Waals surface area (Å²) < 4.78 is 0. The van der Waals surface area contributed by atoms with Crippen molar-refractivity contribution in [2.45, 2.75) is 38.6 Å². The number of benzene rings is 1. The van der Waals surface area contributed by atoms with Crippen molar-refractivity contribution in [2.75, 3.05) is 6.54 Å². The van der Waals surface area contributed by atoms with E-state index in [4.69, 9.17) is 5.73 Å². The fraction of sp³-hybridized carbons (Fsp3) is 0.500. The molecule has 17 heavy (non-hydrogen) atoms. The number of aryl methyl sites for hydroxylation is 2. The van der Waals surface area contributed by atoms with E-state index in [9.17, 15) is 4.79 Å². The van der Waals surface area contributed by atoms with Gasteiger partial charge in [-0.25, -0.2) is 0 Å². The summed E-state index contributed by atoms with van der Waals surface area (Å²) in [6, 6.07) is 6.11. The van der Waals surface area contributed by atoms with Crippen LogP contribution in [0.15, 0.2) is 18.2 Å². The van der Waals surface area contributed by atoms with Crippen molar-refractivity contribution in [3.8, 4) is 0 Å². The van der Waals surface area contributed by atoms with Gasteiger partial charge in [-0.15, -0.1) is 0 Å². The van der Waals surface area contributed by atoms with Crippen molar-refractivity contribution in [3.05, 3.63) is 34.9 Å². The van der Waals surface area contributed by atoms with Crippen LogP contribution in [0.4, 0.5) is 0 Å². The molecule has 3 heteroatoms. The molecule has 1 aliphatic rings. The van der Waals surface area contributed by atoms with Crippen LogP contribution < -0.4 is 11.1 Å². The molecular formula is C14H20N2O. The molecule has 1 aromatic carbocycles. The molecule has 0 saturated carbocycles. The third-order valence-electron chi connectivity index (χ3n) is 3.73. The van der Waals surface area contributed by atoms with Crippen molar-refractivity contribution in [1.29, 1.82) is 0 Å². The topological polar surface area (TPSA) is 55.1 Å². The van der Waals surface area contributed by atoms with E-state index in [0.29, 0.717) is 0 Å². The number of primary amides is 1. The number of hydrogen-bond acceptors (Lipinski definition) is 2. The molecule has 1 amide bonds. The first-order valence-electron chi connectivity index (χ1n) is 6.19. The van der Waals surface area contributed by atoms with E-state index >= 15 is 0 Å². The van der Waals surface area contributed by atoms with E-state index in [2.05, 4.69) is 5.32 Å². The summed E-state index contributed by atoms with van der Waals surface area (Å²) in [6.45, 7) is 4.95. The van der Waals surface area contributed by atoms with E-state index < -0.39 is 5.54 Å². The Hall–Kier alpha value is -1.35. The highest BCUT2D eigenvalue weighted by Crippen LogP contribution is 2.34. The predicted molar refractivity (Wildman–Crippen MR) is 68.6 cm³/mol. The summed E-state index contributed by atoms with van der Waals surface area (Å²) in [5.74, 6) is -0.255. The Balaban J connectivity index is 2.56. The van der Waals surface area contributed by atoms with Gasteiger partial charge in [0, 0.05) is 0 Å². The van der Waals surface area contributed by atoms with Gasteiger partial charge in [-0.1, -0.05) is 18.2 Å². The van der Waals surface area contributed by atoms with E-state index in [1.54, 1.807) is 0 Å². The highest BCUT2D eigenvalue weighted by atomic mass is 16.1. The zero-order valence-electron chi connectivity index (χ0n) is 10.5. The van der Waals surface area contributed by atoms with E-state index in [1.165, 1.54) is 0 Å². The van der Waals surface area contributed by atoms with Gasteiger partial charge in [0.2, 0.25) is 5.91 Å². The molecule has 0 spiro atoms. The van der Waals surface area contributed by atoms with Crippen LogP contribution in [0.25, 0.3) is 0 Å². The second-order valence-corrected chi connectivity index (χ2v) is 4.92. The number of nitrogens with two attached hydrogens (primary N) is 1. The molecule has 1 heterocycles. The Bertz CT molecular complexity index is 414. The SMILES string of the molecule is Cc1cccc(C)c1[C@@]1(C(N)=O)CCCCN1. The third kappa shape index (κ3) is 1.95. The second kappa shape index (κ2) is 4.49. The van der Waals surface area contributed by atoms with Crippen LogP contribution in [-0.4, -0.2) is 12.5 Å². The molecule has 3 N–H and O–H groups in total. The molecule has 1 atom stereocenters. The smallest absolute Gasteiger partial charge is 0.242 e. The average Bonchev–Trinajstić information content (AvgIpc) is 2.29. The molecule has 92 valence electrons. The van der Waals surface area contributed by atoms with Crippen molar-refractivity contribution in [3.63, 3.8) is 0 Å². The number of piperidine rings is 1. The fourth-order valence-electron chi connectivity index (χ4n) is 2.94. The van der Waals surface area contributed by atoms with Gasteiger partial charge in [0.25, 0.3) is 0 Å². The van der Waals surface area contributed by atoms with Crippen LogP contribution in [0, 0.1) is 13.8 Å². The molecule has 0 aliphatic carbocycles. The molecule has 0 unspecified atom stereocenters. The van der Waals surface area contributed by atoms with Gasteiger partial charge in [-0.2, -0.15) is 0 Å².